The second-order valence-corrected chi connectivity index (χ2v) is 10.2. The minimum Gasteiger partial charge on any atom is -0.363 e. The minimum absolute atomic E-state index is 0.105. The van der Waals surface area contributed by atoms with Gasteiger partial charge >= 0.3 is 0 Å². The predicted octanol–water partition coefficient (Wildman–Crippen LogP) is 3.66. The van der Waals surface area contributed by atoms with Gasteiger partial charge in [-0.25, -0.2) is 36.5 Å². The summed E-state index contributed by atoms with van der Waals surface area (Å²) in [6.07, 6.45) is -0.114. The Labute approximate surface area is 195 Å². The van der Waals surface area contributed by atoms with Crippen LogP contribution in [-0.4, -0.2) is 60.1 Å². The molecule has 8 nitrogen and oxygen atoms in total. The highest BCUT2D eigenvalue weighted by atomic mass is 32.2. The van der Waals surface area contributed by atoms with Crippen LogP contribution in [-0.2, 0) is 10.0 Å². The van der Waals surface area contributed by atoms with Crippen molar-refractivity contribution < 1.29 is 21.6 Å². The summed E-state index contributed by atoms with van der Waals surface area (Å²) in [5, 5.41) is 3.77. The third-order valence-electron chi connectivity index (χ3n) is 5.82. The lowest BCUT2D eigenvalue weighted by atomic mass is 10.0. The van der Waals surface area contributed by atoms with E-state index in [0.29, 0.717) is 54.5 Å². The van der Waals surface area contributed by atoms with Crippen molar-refractivity contribution in [3.63, 3.8) is 0 Å². The maximum Gasteiger partial charge on any atom is 0.266 e. The summed E-state index contributed by atoms with van der Waals surface area (Å²) in [7, 11) is -3.25. The number of hydrogen-bond donors (Lipinski definition) is 1. The van der Waals surface area contributed by atoms with Gasteiger partial charge in [-0.2, -0.15) is 4.31 Å². The number of pyridine rings is 1. The van der Waals surface area contributed by atoms with E-state index < -0.39 is 33.9 Å². The van der Waals surface area contributed by atoms with Gasteiger partial charge in [0.15, 0.2) is 0 Å². The first kappa shape index (κ1) is 24.1. The maximum atomic E-state index is 14.7. The Bertz CT molecular complexity index is 1310. The van der Waals surface area contributed by atoms with E-state index in [1.165, 1.54) is 22.7 Å². The molecular weight excluding hydrogens is 469 g/mol. The highest BCUT2D eigenvalue weighted by Gasteiger charge is 2.25. The average molecular weight is 495 g/mol. The largest absolute Gasteiger partial charge is 0.363 e. The molecular formula is C22H25F3N6O2S. The van der Waals surface area contributed by atoms with Crippen molar-refractivity contribution in [2.45, 2.75) is 26.3 Å². The number of nitrogens with one attached hydrogen (secondary N) is 1. The Morgan fingerprint density at radius 1 is 1.09 bits per heavy atom. The molecule has 0 bridgehead atoms. The Morgan fingerprint density at radius 2 is 1.76 bits per heavy atom. The molecule has 1 aliphatic heterocycles. The molecule has 1 atom stereocenters. The summed E-state index contributed by atoms with van der Waals surface area (Å²) < 4.78 is 65.9. The minimum atomic E-state index is -3.25. The number of nitrogens with zero attached hydrogens (tertiary/aromatic N) is 5. The summed E-state index contributed by atoms with van der Waals surface area (Å²) >= 11 is 0. The summed E-state index contributed by atoms with van der Waals surface area (Å²) in [5.41, 5.74) is 0.0329. The molecule has 0 radical (unpaired) electrons. The van der Waals surface area contributed by atoms with Crippen molar-refractivity contribution in [2.75, 3.05) is 42.7 Å². The number of fused-ring (bicyclic) bond motifs is 1. The fourth-order valence-corrected chi connectivity index (χ4v) is 4.85. The molecule has 1 aromatic carbocycles. The number of rotatable bonds is 6. The number of benzene rings is 1. The van der Waals surface area contributed by atoms with E-state index >= 15 is 0 Å². The number of aromatic nitrogens is 3. The summed E-state index contributed by atoms with van der Waals surface area (Å²) in [6, 6.07) is 5.09. The van der Waals surface area contributed by atoms with E-state index in [2.05, 4.69) is 20.3 Å². The number of alkyl halides is 2. The monoisotopic (exact) mass is 494 g/mol. The fourth-order valence-electron chi connectivity index (χ4n) is 4.02. The number of sulfonamides is 1. The van der Waals surface area contributed by atoms with E-state index in [0.717, 1.165) is 6.07 Å². The van der Waals surface area contributed by atoms with Gasteiger partial charge in [-0.15, -0.1) is 0 Å². The molecule has 12 heteroatoms. The van der Waals surface area contributed by atoms with Gasteiger partial charge in [0.05, 0.1) is 29.6 Å². The zero-order valence-electron chi connectivity index (χ0n) is 19.0. The van der Waals surface area contributed by atoms with E-state index in [4.69, 9.17) is 0 Å². The molecule has 0 amide bonds. The SMILES string of the molecule is Cc1nc(NC(C)c2cccc(C(F)F)c2F)c2cc(N3CCN(S(C)(=O)=O)CC3)ncc2n1. The standard InChI is InChI=1S/C22H25F3N6O2S/c1-13(15-5-4-6-16(20(15)23)21(24)25)27-22-17-11-19(26-12-18(17)28-14(2)29-22)30-7-9-31(10-8-30)34(3,32)33/h4-6,11-13,21H,7-10H2,1-3H3,(H,27,28,29). The number of piperazine rings is 1. The quantitative estimate of drug-likeness (QED) is 0.559. The van der Waals surface area contributed by atoms with Gasteiger partial charge in [-0.05, 0) is 19.9 Å². The Hall–Kier alpha value is -2.99. The highest BCUT2D eigenvalue weighted by Crippen LogP contribution is 2.31. The molecule has 4 rings (SSSR count). The van der Waals surface area contributed by atoms with Gasteiger partial charge in [-0.1, -0.05) is 18.2 Å². The topological polar surface area (TPSA) is 91.3 Å². The van der Waals surface area contributed by atoms with E-state index in [1.807, 2.05) is 4.90 Å². The van der Waals surface area contributed by atoms with Crippen LogP contribution in [0.1, 0.15) is 36.3 Å². The molecule has 1 N–H and O–H groups in total. The molecule has 1 saturated heterocycles. The lowest BCUT2D eigenvalue weighted by Crippen LogP contribution is -2.48. The zero-order valence-corrected chi connectivity index (χ0v) is 19.8. The van der Waals surface area contributed by atoms with Gasteiger partial charge in [0.1, 0.15) is 23.3 Å². The number of anilines is 2. The molecule has 0 aliphatic carbocycles. The average Bonchev–Trinajstić information content (AvgIpc) is 2.78. The third kappa shape index (κ3) is 4.92. The smallest absolute Gasteiger partial charge is 0.266 e. The Morgan fingerprint density at radius 3 is 2.41 bits per heavy atom. The third-order valence-corrected chi connectivity index (χ3v) is 7.13. The Balaban J connectivity index is 1.64. The van der Waals surface area contributed by atoms with Gasteiger partial charge in [0.2, 0.25) is 10.0 Å². The second-order valence-electron chi connectivity index (χ2n) is 8.25. The van der Waals surface area contributed by atoms with Crippen LogP contribution in [0.15, 0.2) is 30.5 Å². The van der Waals surface area contributed by atoms with Crippen molar-refractivity contribution >= 4 is 32.6 Å². The molecule has 3 heterocycles. The summed E-state index contributed by atoms with van der Waals surface area (Å²) in [4.78, 5) is 15.3. The van der Waals surface area contributed by atoms with Crippen LogP contribution in [0.4, 0.5) is 24.8 Å². The van der Waals surface area contributed by atoms with E-state index in [9.17, 15) is 21.6 Å². The molecule has 3 aromatic rings. The lowest BCUT2D eigenvalue weighted by molar-refractivity contribution is 0.146. The molecule has 0 saturated carbocycles. The maximum absolute atomic E-state index is 14.7. The molecule has 1 aliphatic rings. The van der Waals surface area contributed by atoms with Crippen LogP contribution in [0.25, 0.3) is 10.9 Å². The lowest BCUT2D eigenvalue weighted by Gasteiger charge is -2.34. The molecule has 2 aromatic heterocycles. The molecule has 182 valence electrons. The normalized spacial score (nSPS) is 16.3. The molecule has 34 heavy (non-hydrogen) atoms. The predicted molar refractivity (Wildman–Crippen MR) is 124 cm³/mol. The second kappa shape index (κ2) is 9.34. The van der Waals surface area contributed by atoms with Gasteiger partial charge in [0.25, 0.3) is 6.43 Å². The van der Waals surface area contributed by atoms with Gasteiger partial charge in [0, 0.05) is 37.1 Å². The van der Waals surface area contributed by atoms with Crippen molar-refractivity contribution in [2.24, 2.45) is 0 Å². The van der Waals surface area contributed by atoms with Crippen molar-refractivity contribution in [3.05, 3.63) is 53.2 Å². The van der Waals surface area contributed by atoms with Crippen LogP contribution in [0.2, 0.25) is 0 Å². The number of hydrogen-bond acceptors (Lipinski definition) is 7. The van der Waals surface area contributed by atoms with Crippen molar-refractivity contribution in [3.8, 4) is 0 Å². The fraction of sp³-hybridized carbons (Fsp3) is 0.409. The number of halogens is 3. The first-order chi connectivity index (χ1) is 16.0. The van der Waals surface area contributed by atoms with Crippen molar-refractivity contribution in [1.82, 2.24) is 19.3 Å². The molecule has 0 spiro atoms. The van der Waals surface area contributed by atoms with Crippen LogP contribution in [0.5, 0.6) is 0 Å². The first-order valence-electron chi connectivity index (χ1n) is 10.7. The van der Waals surface area contributed by atoms with Gasteiger partial charge in [-0.3, -0.25) is 0 Å². The van der Waals surface area contributed by atoms with E-state index in [-0.39, 0.29) is 5.56 Å². The zero-order chi connectivity index (χ0) is 24.6. The summed E-state index contributed by atoms with van der Waals surface area (Å²) in [5.74, 6) is 0.587. The van der Waals surface area contributed by atoms with Crippen LogP contribution in [0, 0.1) is 12.7 Å². The van der Waals surface area contributed by atoms with Gasteiger partial charge < -0.3 is 10.2 Å². The summed E-state index contributed by atoms with van der Waals surface area (Å²) in [6.45, 7) is 5.04. The highest BCUT2D eigenvalue weighted by molar-refractivity contribution is 7.88. The van der Waals surface area contributed by atoms with Crippen molar-refractivity contribution in [1.29, 1.82) is 0 Å². The molecule has 1 unspecified atom stereocenters. The van der Waals surface area contributed by atoms with Crippen LogP contribution < -0.4 is 10.2 Å². The Kier molecular flexibility index (Phi) is 6.63. The van der Waals surface area contributed by atoms with E-state index in [1.54, 1.807) is 26.1 Å². The number of aryl methyl sites for hydroxylation is 1. The first-order valence-corrected chi connectivity index (χ1v) is 12.6. The van der Waals surface area contributed by atoms with Crippen LogP contribution in [0.3, 0.4) is 0 Å². The molecule has 1 fully saturated rings. The van der Waals surface area contributed by atoms with Crippen LogP contribution >= 0.6 is 0 Å².